The standard InChI is InChI=1S/C23H36N6S.HI/c1-5-24-23(25-11-10-22-27-18(2)19(3)30-22)26-16-20-6-8-21(9-7-20)17-29-14-12-28(4)13-15-29;/h6-9H,5,10-17H2,1-4H3,(H2,24,25,26);1H. The largest absolute Gasteiger partial charge is 0.357 e. The topological polar surface area (TPSA) is 55.8 Å². The molecule has 0 radical (unpaired) electrons. The van der Waals surface area contributed by atoms with Crippen LogP contribution < -0.4 is 10.6 Å². The minimum atomic E-state index is 0. The fourth-order valence-electron chi connectivity index (χ4n) is 3.46. The molecule has 1 aromatic heterocycles. The SMILES string of the molecule is CCNC(=NCc1ccc(CN2CCN(C)CC2)cc1)NCCc1nc(C)c(C)s1.I. The van der Waals surface area contributed by atoms with Gasteiger partial charge in [-0.3, -0.25) is 4.90 Å². The molecule has 1 fully saturated rings. The number of hydrogen-bond acceptors (Lipinski definition) is 5. The summed E-state index contributed by atoms with van der Waals surface area (Å²) in [4.78, 5) is 15.6. The Kier molecular flexibility index (Phi) is 11.2. The zero-order valence-corrected chi connectivity index (χ0v) is 22.4. The highest BCUT2D eigenvalue weighted by atomic mass is 127. The highest BCUT2D eigenvalue weighted by Crippen LogP contribution is 2.16. The Morgan fingerprint density at radius 2 is 1.74 bits per heavy atom. The van der Waals surface area contributed by atoms with Crippen molar-refractivity contribution in [2.24, 2.45) is 4.99 Å². The molecular formula is C23H37IN6S. The van der Waals surface area contributed by atoms with Gasteiger partial charge in [-0.25, -0.2) is 9.98 Å². The second kappa shape index (κ2) is 13.3. The number of aryl methyl sites for hydroxylation is 2. The Morgan fingerprint density at radius 1 is 1.06 bits per heavy atom. The van der Waals surface area contributed by atoms with E-state index in [9.17, 15) is 0 Å². The molecule has 0 bridgehead atoms. The molecule has 2 heterocycles. The van der Waals surface area contributed by atoms with Gasteiger partial charge in [0.25, 0.3) is 0 Å². The van der Waals surface area contributed by atoms with Gasteiger partial charge in [0.05, 0.1) is 17.2 Å². The summed E-state index contributed by atoms with van der Waals surface area (Å²) in [6, 6.07) is 8.91. The molecule has 31 heavy (non-hydrogen) atoms. The van der Waals surface area contributed by atoms with Crippen LogP contribution in [0.5, 0.6) is 0 Å². The van der Waals surface area contributed by atoms with Crippen LogP contribution in [-0.2, 0) is 19.5 Å². The molecule has 0 saturated carbocycles. The Balaban J connectivity index is 0.00000341. The van der Waals surface area contributed by atoms with Gasteiger partial charge < -0.3 is 15.5 Å². The molecule has 3 rings (SSSR count). The summed E-state index contributed by atoms with van der Waals surface area (Å²) in [6.45, 7) is 14.3. The molecule has 0 atom stereocenters. The maximum absolute atomic E-state index is 4.75. The van der Waals surface area contributed by atoms with Crippen LogP contribution in [0.4, 0.5) is 0 Å². The molecule has 2 aromatic rings. The Morgan fingerprint density at radius 3 is 2.35 bits per heavy atom. The minimum Gasteiger partial charge on any atom is -0.357 e. The first kappa shape index (κ1) is 26.0. The number of halogens is 1. The lowest BCUT2D eigenvalue weighted by Gasteiger charge is -2.32. The van der Waals surface area contributed by atoms with Crippen LogP contribution >= 0.6 is 35.3 Å². The molecule has 0 amide bonds. The quantitative estimate of drug-likeness (QED) is 0.297. The first-order valence-corrected chi connectivity index (χ1v) is 11.8. The summed E-state index contributed by atoms with van der Waals surface area (Å²) in [6.07, 6.45) is 0.921. The van der Waals surface area contributed by atoms with Crippen molar-refractivity contribution in [3.63, 3.8) is 0 Å². The van der Waals surface area contributed by atoms with Gasteiger partial charge >= 0.3 is 0 Å². The summed E-state index contributed by atoms with van der Waals surface area (Å²) in [5, 5.41) is 7.95. The highest BCUT2D eigenvalue weighted by Gasteiger charge is 2.13. The Hall–Kier alpha value is -1.23. The van der Waals surface area contributed by atoms with E-state index in [-0.39, 0.29) is 24.0 Å². The monoisotopic (exact) mass is 556 g/mol. The molecule has 2 N–H and O–H groups in total. The molecule has 0 aliphatic carbocycles. The predicted molar refractivity (Wildman–Crippen MR) is 143 cm³/mol. The maximum atomic E-state index is 4.75. The molecule has 0 unspecified atom stereocenters. The van der Waals surface area contributed by atoms with E-state index in [0.717, 1.165) is 63.9 Å². The predicted octanol–water partition coefficient (Wildman–Crippen LogP) is 3.42. The van der Waals surface area contributed by atoms with Crippen LogP contribution in [0.15, 0.2) is 29.3 Å². The van der Waals surface area contributed by atoms with Crippen LogP contribution in [0.1, 0.15) is 33.6 Å². The van der Waals surface area contributed by atoms with Crippen molar-refractivity contribution in [1.29, 1.82) is 0 Å². The summed E-state index contributed by atoms with van der Waals surface area (Å²) in [7, 11) is 2.20. The van der Waals surface area contributed by atoms with E-state index in [1.807, 2.05) is 0 Å². The first-order chi connectivity index (χ1) is 14.5. The molecular weight excluding hydrogens is 519 g/mol. The van der Waals surface area contributed by atoms with E-state index in [1.165, 1.54) is 21.0 Å². The van der Waals surface area contributed by atoms with E-state index in [4.69, 9.17) is 4.99 Å². The van der Waals surface area contributed by atoms with Crippen molar-refractivity contribution in [2.75, 3.05) is 46.3 Å². The molecule has 1 aliphatic rings. The number of hydrogen-bond donors (Lipinski definition) is 2. The fraction of sp³-hybridized carbons (Fsp3) is 0.565. The number of guanidine groups is 1. The normalized spacial score (nSPS) is 15.5. The molecule has 6 nitrogen and oxygen atoms in total. The fourth-order valence-corrected chi connectivity index (χ4v) is 4.39. The number of aliphatic imine (C=N–C) groups is 1. The van der Waals surface area contributed by atoms with E-state index >= 15 is 0 Å². The van der Waals surface area contributed by atoms with E-state index in [2.05, 4.69) is 77.5 Å². The summed E-state index contributed by atoms with van der Waals surface area (Å²) >= 11 is 1.79. The van der Waals surface area contributed by atoms with Gasteiger partial charge in [-0.2, -0.15) is 0 Å². The van der Waals surface area contributed by atoms with Crippen LogP contribution in [0.2, 0.25) is 0 Å². The number of likely N-dealkylation sites (N-methyl/N-ethyl adjacent to an activating group) is 1. The average Bonchev–Trinajstić information content (AvgIpc) is 3.06. The number of thiazole rings is 1. The lowest BCUT2D eigenvalue weighted by atomic mass is 10.1. The van der Waals surface area contributed by atoms with Crippen molar-refractivity contribution < 1.29 is 0 Å². The van der Waals surface area contributed by atoms with Gasteiger partial charge in [-0.05, 0) is 38.9 Å². The highest BCUT2D eigenvalue weighted by molar-refractivity contribution is 14.0. The lowest BCUT2D eigenvalue weighted by molar-refractivity contribution is 0.148. The molecule has 8 heteroatoms. The van der Waals surface area contributed by atoms with Crippen LogP contribution in [0, 0.1) is 13.8 Å². The number of nitrogens with one attached hydrogen (secondary N) is 2. The first-order valence-electron chi connectivity index (χ1n) is 11.0. The third kappa shape index (κ3) is 8.67. The smallest absolute Gasteiger partial charge is 0.191 e. The Labute approximate surface area is 208 Å². The number of rotatable bonds is 8. The van der Waals surface area contributed by atoms with Crippen molar-refractivity contribution >= 4 is 41.3 Å². The van der Waals surface area contributed by atoms with Gasteiger partial charge in [0.15, 0.2) is 5.96 Å². The van der Waals surface area contributed by atoms with E-state index in [1.54, 1.807) is 11.3 Å². The second-order valence-corrected chi connectivity index (χ2v) is 9.30. The van der Waals surface area contributed by atoms with Crippen molar-refractivity contribution in [3.05, 3.63) is 51.0 Å². The van der Waals surface area contributed by atoms with E-state index in [0.29, 0.717) is 6.54 Å². The number of aromatic nitrogens is 1. The van der Waals surface area contributed by atoms with Crippen LogP contribution in [0.3, 0.4) is 0 Å². The van der Waals surface area contributed by atoms with Gasteiger partial charge in [-0.15, -0.1) is 35.3 Å². The second-order valence-electron chi connectivity index (χ2n) is 8.02. The molecule has 172 valence electrons. The van der Waals surface area contributed by atoms with Crippen molar-refractivity contribution in [2.45, 2.75) is 40.3 Å². The number of benzene rings is 1. The Bertz CT molecular complexity index is 792. The zero-order valence-electron chi connectivity index (χ0n) is 19.3. The van der Waals surface area contributed by atoms with Crippen LogP contribution in [-0.4, -0.2) is 67.1 Å². The van der Waals surface area contributed by atoms with Crippen LogP contribution in [0.25, 0.3) is 0 Å². The van der Waals surface area contributed by atoms with Crippen molar-refractivity contribution in [3.8, 4) is 0 Å². The van der Waals surface area contributed by atoms with Gasteiger partial charge in [0.2, 0.25) is 0 Å². The minimum absolute atomic E-state index is 0. The number of piperazine rings is 1. The zero-order chi connectivity index (χ0) is 21.3. The third-order valence-corrected chi connectivity index (χ3v) is 6.63. The maximum Gasteiger partial charge on any atom is 0.191 e. The van der Waals surface area contributed by atoms with Gasteiger partial charge in [0, 0.05) is 57.1 Å². The molecule has 1 aliphatic heterocycles. The van der Waals surface area contributed by atoms with Gasteiger partial charge in [-0.1, -0.05) is 24.3 Å². The number of nitrogens with zero attached hydrogens (tertiary/aromatic N) is 4. The summed E-state index contributed by atoms with van der Waals surface area (Å²) < 4.78 is 0. The summed E-state index contributed by atoms with van der Waals surface area (Å²) in [5.74, 6) is 0.865. The van der Waals surface area contributed by atoms with Crippen molar-refractivity contribution in [1.82, 2.24) is 25.4 Å². The molecule has 1 aromatic carbocycles. The molecule has 1 saturated heterocycles. The molecule has 0 spiro atoms. The van der Waals surface area contributed by atoms with Gasteiger partial charge in [0.1, 0.15) is 0 Å². The third-order valence-electron chi connectivity index (χ3n) is 5.49. The average molecular weight is 557 g/mol. The van der Waals surface area contributed by atoms with E-state index < -0.39 is 0 Å². The summed E-state index contributed by atoms with van der Waals surface area (Å²) in [5.41, 5.74) is 3.76. The lowest BCUT2D eigenvalue weighted by Crippen LogP contribution is -2.43.